The van der Waals surface area contributed by atoms with Crippen LogP contribution in [0.4, 0.5) is 0 Å². The summed E-state index contributed by atoms with van der Waals surface area (Å²) in [5.41, 5.74) is 1.00. The van der Waals surface area contributed by atoms with Crippen LogP contribution >= 0.6 is 15.9 Å². The monoisotopic (exact) mass is 260 g/mol. The summed E-state index contributed by atoms with van der Waals surface area (Å²) in [6.07, 6.45) is 0. The van der Waals surface area contributed by atoms with E-state index in [4.69, 9.17) is 14.2 Å². The van der Waals surface area contributed by atoms with E-state index < -0.39 is 0 Å². The van der Waals surface area contributed by atoms with E-state index in [1.54, 1.807) is 27.4 Å². The molecule has 0 fully saturated rings. The molecule has 0 unspecified atom stereocenters. The normalized spacial score (nSPS) is 9.71. The molecular weight excluding hydrogens is 248 g/mol. The molecule has 3 nitrogen and oxygen atoms in total. The summed E-state index contributed by atoms with van der Waals surface area (Å²) < 4.78 is 15.6. The molecule has 0 spiro atoms. The van der Waals surface area contributed by atoms with Crippen molar-refractivity contribution in [1.82, 2.24) is 0 Å². The molecule has 0 radical (unpaired) electrons. The zero-order chi connectivity index (χ0) is 10.6. The van der Waals surface area contributed by atoms with E-state index >= 15 is 0 Å². The summed E-state index contributed by atoms with van der Waals surface area (Å²) in [6, 6.07) is 3.71. The molecule has 0 aliphatic heterocycles. The summed E-state index contributed by atoms with van der Waals surface area (Å²) in [5, 5.41) is 0.698. The first-order chi connectivity index (χ1) is 6.76. The average molecular weight is 261 g/mol. The summed E-state index contributed by atoms with van der Waals surface area (Å²) in [7, 11) is 4.85. The fourth-order valence-electron chi connectivity index (χ4n) is 1.23. The molecule has 0 N–H and O–H groups in total. The van der Waals surface area contributed by atoms with Crippen LogP contribution in [0.2, 0.25) is 0 Å². The molecule has 0 saturated carbocycles. The SMILES string of the molecule is COc1cc(CBr)c(OC)c(OC)c1. The van der Waals surface area contributed by atoms with Gasteiger partial charge in [0.05, 0.1) is 21.3 Å². The molecule has 0 atom stereocenters. The van der Waals surface area contributed by atoms with E-state index in [-0.39, 0.29) is 0 Å². The largest absolute Gasteiger partial charge is 0.497 e. The Bertz CT molecular complexity index is 287. The van der Waals surface area contributed by atoms with Crippen molar-refractivity contribution in [1.29, 1.82) is 0 Å². The summed E-state index contributed by atoms with van der Waals surface area (Å²) in [5.74, 6) is 2.18. The molecule has 4 heteroatoms. The van der Waals surface area contributed by atoms with Crippen LogP contribution < -0.4 is 14.2 Å². The lowest BCUT2D eigenvalue weighted by Crippen LogP contribution is -1.96. The second-order valence-electron chi connectivity index (χ2n) is 2.66. The van der Waals surface area contributed by atoms with Gasteiger partial charge >= 0.3 is 0 Å². The van der Waals surface area contributed by atoms with Gasteiger partial charge < -0.3 is 14.2 Å². The van der Waals surface area contributed by atoms with Gasteiger partial charge in [0.15, 0.2) is 11.5 Å². The highest BCUT2D eigenvalue weighted by Gasteiger charge is 2.11. The first kappa shape index (κ1) is 11.2. The van der Waals surface area contributed by atoms with E-state index in [1.165, 1.54) is 0 Å². The van der Waals surface area contributed by atoms with Crippen LogP contribution in [0.3, 0.4) is 0 Å². The molecule has 0 aliphatic rings. The smallest absolute Gasteiger partial charge is 0.165 e. The third kappa shape index (κ3) is 2.12. The van der Waals surface area contributed by atoms with Gasteiger partial charge in [0.25, 0.3) is 0 Å². The molecular formula is C10H13BrO3. The Morgan fingerprint density at radius 2 is 1.79 bits per heavy atom. The van der Waals surface area contributed by atoms with Crippen LogP contribution in [-0.2, 0) is 5.33 Å². The molecule has 0 aromatic heterocycles. The van der Waals surface area contributed by atoms with Gasteiger partial charge in [0.1, 0.15) is 5.75 Å². The van der Waals surface area contributed by atoms with Crippen molar-refractivity contribution in [2.24, 2.45) is 0 Å². The maximum atomic E-state index is 5.25. The van der Waals surface area contributed by atoms with Gasteiger partial charge in [-0.1, -0.05) is 15.9 Å². The van der Waals surface area contributed by atoms with Crippen molar-refractivity contribution in [3.63, 3.8) is 0 Å². The van der Waals surface area contributed by atoms with Gasteiger partial charge in [0.2, 0.25) is 0 Å². The highest BCUT2D eigenvalue weighted by molar-refractivity contribution is 9.08. The topological polar surface area (TPSA) is 27.7 Å². The van der Waals surface area contributed by atoms with E-state index in [0.29, 0.717) is 11.1 Å². The highest BCUT2D eigenvalue weighted by Crippen LogP contribution is 2.36. The number of ether oxygens (including phenoxy) is 3. The van der Waals surface area contributed by atoms with Crippen molar-refractivity contribution >= 4 is 15.9 Å². The first-order valence-corrected chi connectivity index (χ1v) is 5.23. The Hall–Kier alpha value is -0.900. The zero-order valence-electron chi connectivity index (χ0n) is 8.46. The van der Waals surface area contributed by atoms with Gasteiger partial charge in [-0.05, 0) is 6.07 Å². The maximum Gasteiger partial charge on any atom is 0.165 e. The number of halogens is 1. The number of methoxy groups -OCH3 is 3. The van der Waals surface area contributed by atoms with Gasteiger partial charge in [0, 0.05) is 17.0 Å². The van der Waals surface area contributed by atoms with Crippen LogP contribution in [0, 0.1) is 0 Å². The molecule has 1 aromatic carbocycles. The number of alkyl halides is 1. The molecule has 0 saturated heterocycles. The Morgan fingerprint density at radius 1 is 1.07 bits per heavy atom. The van der Waals surface area contributed by atoms with Crippen LogP contribution in [0.15, 0.2) is 12.1 Å². The molecule has 0 aliphatic carbocycles. The molecule has 0 bridgehead atoms. The first-order valence-electron chi connectivity index (χ1n) is 4.11. The van der Waals surface area contributed by atoms with E-state index in [9.17, 15) is 0 Å². The Morgan fingerprint density at radius 3 is 2.21 bits per heavy atom. The fraction of sp³-hybridized carbons (Fsp3) is 0.400. The quantitative estimate of drug-likeness (QED) is 0.780. The third-order valence-corrected chi connectivity index (χ3v) is 2.51. The van der Waals surface area contributed by atoms with Gasteiger partial charge in [-0.3, -0.25) is 0 Å². The predicted octanol–water partition coefficient (Wildman–Crippen LogP) is 2.61. The number of hydrogen-bond donors (Lipinski definition) is 0. The summed E-state index contributed by atoms with van der Waals surface area (Å²) in [6.45, 7) is 0. The molecule has 0 amide bonds. The minimum atomic E-state index is 0.682. The van der Waals surface area contributed by atoms with Gasteiger partial charge in [-0.15, -0.1) is 0 Å². The second kappa shape index (κ2) is 5.10. The third-order valence-electron chi connectivity index (χ3n) is 1.91. The molecule has 0 heterocycles. The lowest BCUT2D eigenvalue weighted by molar-refractivity contribution is 0.346. The molecule has 78 valence electrons. The second-order valence-corrected chi connectivity index (χ2v) is 3.22. The van der Waals surface area contributed by atoms with E-state index in [2.05, 4.69) is 15.9 Å². The van der Waals surface area contributed by atoms with Crippen molar-refractivity contribution in [3.05, 3.63) is 17.7 Å². The highest BCUT2D eigenvalue weighted by atomic mass is 79.9. The lowest BCUT2D eigenvalue weighted by Gasteiger charge is -2.12. The lowest BCUT2D eigenvalue weighted by atomic mass is 10.2. The number of benzene rings is 1. The number of rotatable bonds is 4. The van der Waals surface area contributed by atoms with E-state index in [1.807, 2.05) is 6.07 Å². The number of hydrogen-bond acceptors (Lipinski definition) is 3. The predicted molar refractivity (Wildman–Crippen MR) is 58.7 cm³/mol. The molecule has 1 rings (SSSR count). The van der Waals surface area contributed by atoms with Crippen LogP contribution in [0.1, 0.15) is 5.56 Å². The molecule has 14 heavy (non-hydrogen) atoms. The summed E-state index contributed by atoms with van der Waals surface area (Å²) in [4.78, 5) is 0. The van der Waals surface area contributed by atoms with Crippen LogP contribution in [-0.4, -0.2) is 21.3 Å². The zero-order valence-corrected chi connectivity index (χ0v) is 10.1. The minimum absolute atomic E-state index is 0.682. The fourth-order valence-corrected chi connectivity index (χ4v) is 1.65. The summed E-state index contributed by atoms with van der Waals surface area (Å²) >= 11 is 3.38. The van der Waals surface area contributed by atoms with Crippen molar-refractivity contribution in [2.75, 3.05) is 21.3 Å². The Labute approximate surface area is 92.1 Å². The van der Waals surface area contributed by atoms with Gasteiger partial charge in [-0.25, -0.2) is 0 Å². The maximum absolute atomic E-state index is 5.25. The van der Waals surface area contributed by atoms with Crippen LogP contribution in [0.5, 0.6) is 17.2 Å². The Kier molecular flexibility index (Phi) is 4.07. The van der Waals surface area contributed by atoms with Crippen LogP contribution in [0.25, 0.3) is 0 Å². The Balaban J connectivity index is 3.24. The molecule has 1 aromatic rings. The van der Waals surface area contributed by atoms with Gasteiger partial charge in [-0.2, -0.15) is 0 Å². The average Bonchev–Trinajstić information content (AvgIpc) is 2.26. The standard InChI is InChI=1S/C10H13BrO3/c1-12-8-4-7(6-11)10(14-3)9(5-8)13-2/h4-5H,6H2,1-3H3. The minimum Gasteiger partial charge on any atom is -0.497 e. The van der Waals surface area contributed by atoms with Crippen molar-refractivity contribution < 1.29 is 14.2 Å². The van der Waals surface area contributed by atoms with Crippen molar-refractivity contribution in [2.45, 2.75) is 5.33 Å². The van der Waals surface area contributed by atoms with Crippen molar-refractivity contribution in [3.8, 4) is 17.2 Å². The van der Waals surface area contributed by atoms with E-state index in [0.717, 1.165) is 17.1 Å².